The number of ketones is 1. The highest BCUT2D eigenvalue weighted by Gasteiger charge is 2.29. The lowest BCUT2D eigenvalue weighted by atomic mass is 9.89. The van der Waals surface area contributed by atoms with Crippen LogP contribution in [-0.4, -0.2) is 38.2 Å². The van der Waals surface area contributed by atoms with Crippen LogP contribution in [0.2, 0.25) is 5.02 Å². The predicted octanol–water partition coefficient (Wildman–Crippen LogP) is 4.86. The first-order valence-corrected chi connectivity index (χ1v) is 12.8. The van der Waals surface area contributed by atoms with Crippen molar-refractivity contribution < 1.29 is 22.1 Å². The summed E-state index contributed by atoms with van der Waals surface area (Å²) < 4.78 is 35.9. The summed E-state index contributed by atoms with van der Waals surface area (Å²) in [5.74, 6) is 0.483. The number of aromatic nitrogens is 1. The number of Topliss-reactive ketones (excluding diaryl/α,β-unsaturated/α-hetero) is 1. The first kappa shape index (κ1) is 22.3. The standard InChI is InChI=1S/C22H21BrClNO5S/c1-31(27,28)30-8-2-7-25-12-19(18-5-3-16(23)11-20(18)25)22(26)15-9-14-10-17(24)4-6-21(14)29-13-15/h3-6,10-12,15H,2,7-9,13H2,1H3. The first-order valence-electron chi connectivity index (χ1n) is 9.79. The summed E-state index contributed by atoms with van der Waals surface area (Å²) in [6, 6.07) is 11.2. The highest BCUT2D eigenvalue weighted by Crippen LogP contribution is 2.33. The normalized spacial score (nSPS) is 16.2. The lowest BCUT2D eigenvalue weighted by Gasteiger charge is -2.24. The van der Waals surface area contributed by atoms with Crippen LogP contribution in [0, 0.1) is 5.92 Å². The molecule has 0 saturated heterocycles. The van der Waals surface area contributed by atoms with E-state index >= 15 is 0 Å². The molecule has 0 N–H and O–H groups in total. The van der Waals surface area contributed by atoms with Gasteiger partial charge in [0.1, 0.15) is 5.75 Å². The molecule has 4 rings (SSSR count). The Hall–Kier alpha value is -1.87. The Kier molecular flexibility index (Phi) is 6.44. The molecule has 0 spiro atoms. The van der Waals surface area contributed by atoms with Gasteiger partial charge in [0, 0.05) is 38.7 Å². The van der Waals surface area contributed by atoms with Gasteiger partial charge >= 0.3 is 0 Å². The van der Waals surface area contributed by atoms with Crippen LogP contribution in [-0.2, 0) is 27.3 Å². The molecule has 0 saturated carbocycles. The maximum Gasteiger partial charge on any atom is 0.264 e. The van der Waals surface area contributed by atoms with Gasteiger partial charge in [-0.25, -0.2) is 0 Å². The van der Waals surface area contributed by atoms with Gasteiger partial charge in [-0.3, -0.25) is 8.98 Å². The van der Waals surface area contributed by atoms with Crippen LogP contribution in [0.5, 0.6) is 5.75 Å². The summed E-state index contributed by atoms with van der Waals surface area (Å²) in [7, 11) is -3.47. The van der Waals surface area contributed by atoms with E-state index in [0.717, 1.165) is 32.9 Å². The maximum absolute atomic E-state index is 13.4. The van der Waals surface area contributed by atoms with Crippen LogP contribution in [0.15, 0.2) is 47.1 Å². The smallest absolute Gasteiger partial charge is 0.264 e. The second kappa shape index (κ2) is 8.94. The molecule has 1 unspecified atom stereocenters. The van der Waals surface area contributed by atoms with Crippen molar-refractivity contribution in [1.82, 2.24) is 4.57 Å². The van der Waals surface area contributed by atoms with Crippen molar-refractivity contribution in [2.24, 2.45) is 5.92 Å². The Labute approximate surface area is 194 Å². The average Bonchev–Trinajstić information content (AvgIpc) is 3.07. The topological polar surface area (TPSA) is 74.6 Å². The molecule has 164 valence electrons. The van der Waals surface area contributed by atoms with E-state index in [-0.39, 0.29) is 18.3 Å². The van der Waals surface area contributed by atoms with Crippen LogP contribution in [0.4, 0.5) is 0 Å². The van der Waals surface area contributed by atoms with Gasteiger partial charge in [-0.2, -0.15) is 8.42 Å². The fourth-order valence-electron chi connectivity index (χ4n) is 3.84. The van der Waals surface area contributed by atoms with Gasteiger partial charge in [0.2, 0.25) is 0 Å². The largest absolute Gasteiger partial charge is 0.493 e. The number of nitrogens with zero attached hydrogens (tertiary/aromatic N) is 1. The maximum atomic E-state index is 13.4. The molecule has 0 radical (unpaired) electrons. The molecule has 0 aliphatic carbocycles. The molecule has 1 atom stereocenters. The van der Waals surface area contributed by atoms with E-state index in [2.05, 4.69) is 15.9 Å². The fourth-order valence-corrected chi connectivity index (χ4v) is 4.81. The molecule has 2 aromatic carbocycles. The molecule has 1 aliphatic heterocycles. The molecule has 6 nitrogen and oxygen atoms in total. The van der Waals surface area contributed by atoms with Gasteiger partial charge in [0.15, 0.2) is 5.78 Å². The summed E-state index contributed by atoms with van der Waals surface area (Å²) in [5.41, 5.74) is 2.46. The molecule has 1 aromatic heterocycles. The number of rotatable bonds is 7. The van der Waals surface area contributed by atoms with Crippen LogP contribution in [0.25, 0.3) is 10.9 Å². The van der Waals surface area contributed by atoms with Crippen molar-refractivity contribution in [3.05, 3.63) is 63.2 Å². The molecule has 3 aromatic rings. The Balaban J connectivity index is 1.59. The van der Waals surface area contributed by atoms with Gasteiger partial charge in [-0.15, -0.1) is 0 Å². The van der Waals surface area contributed by atoms with Crippen LogP contribution < -0.4 is 4.74 Å². The first-order chi connectivity index (χ1) is 14.7. The van der Waals surface area contributed by atoms with E-state index in [1.54, 1.807) is 6.07 Å². The van der Waals surface area contributed by atoms with E-state index in [9.17, 15) is 13.2 Å². The van der Waals surface area contributed by atoms with Crippen molar-refractivity contribution >= 4 is 54.3 Å². The third kappa shape index (κ3) is 5.14. The summed E-state index contributed by atoms with van der Waals surface area (Å²) >= 11 is 9.60. The minimum atomic E-state index is -3.47. The zero-order valence-electron chi connectivity index (χ0n) is 16.8. The molecule has 31 heavy (non-hydrogen) atoms. The van der Waals surface area contributed by atoms with E-state index < -0.39 is 10.1 Å². The summed E-state index contributed by atoms with van der Waals surface area (Å²) in [6.45, 7) is 0.929. The molecular formula is C22H21BrClNO5S. The van der Waals surface area contributed by atoms with Gasteiger partial charge in [-0.1, -0.05) is 33.6 Å². The average molecular weight is 527 g/mol. The highest BCUT2D eigenvalue weighted by molar-refractivity contribution is 9.10. The number of carbonyl (C=O) groups is 1. The summed E-state index contributed by atoms with van der Waals surface area (Å²) in [5, 5.41) is 1.47. The Morgan fingerprint density at radius 2 is 2.10 bits per heavy atom. The van der Waals surface area contributed by atoms with Crippen molar-refractivity contribution in [2.45, 2.75) is 19.4 Å². The van der Waals surface area contributed by atoms with Gasteiger partial charge in [0.05, 0.1) is 25.4 Å². The zero-order valence-corrected chi connectivity index (χ0v) is 20.0. The number of ether oxygens (including phenoxy) is 1. The van der Waals surface area contributed by atoms with Crippen LogP contribution in [0.1, 0.15) is 22.3 Å². The fraction of sp³-hybridized carbons (Fsp3) is 0.318. The molecule has 0 amide bonds. The second-order valence-corrected chi connectivity index (χ2v) is 10.6. The number of hydrogen-bond acceptors (Lipinski definition) is 5. The Bertz CT molecular complexity index is 1250. The third-order valence-electron chi connectivity index (χ3n) is 5.25. The van der Waals surface area contributed by atoms with Crippen LogP contribution in [0.3, 0.4) is 0 Å². The van der Waals surface area contributed by atoms with Gasteiger partial charge < -0.3 is 9.30 Å². The van der Waals surface area contributed by atoms with Crippen LogP contribution >= 0.6 is 27.5 Å². The lowest BCUT2D eigenvalue weighted by molar-refractivity contribution is 0.0856. The minimum absolute atomic E-state index is 0.0177. The van der Waals surface area contributed by atoms with Crippen molar-refractivity contribution in [3.8, 4) is 5.75 Å². The van der Waals surface area contributed by atoms with Gasteiger partial charge in [-0.05, 0) is 48.7 Å². The summed E-state index contributed by atoms with van der Waals surface area (Å²) in [6.07, 6.45) is 3.94. The molecule has 9 heteroatoms. The SMILES string of the molecule is CS(=O)(=O)OCCCn1cc(C(=O)C2COc3ccc(Cl)cc3C2)c2ccc(Br)cc21. The Morgan fingerprint density at radius 3 is 2.87 bits per heavy atom. The molecule has 0 bridgehead atoms. The highest BCUT2D eigenvalue weighted by atomic mass is 79.9. The van der Waals surface area contributed by atoms with E-state index in [4.69, 9.17) is 20.5 Å². The lowest BCUT2D eigenvalue weighted by Crippen LogP contribution is -2.28. The van der Waals surface area contributed by atoms with Crippen molar-refractivity contribution in [2.75, 3.05) is 19.5 Å². The van der Waals surface area contributed by atoms with E-state index in [1.807, 2.05) is 41.1 Å². The molecule has 1 aliphatic rings. The second-order valence-electron chi connectivity index (χ2n) is 7.61. The van der Waals surface area contributed by atoms with E-state index in [1.165, 1.54) is 0 Å². The zero-order chi connectivity index (χ0) is 22.2. The number of halogens is 2. The number of fused-ring (bicyclic) bond motifs is 2. The number of carbonyl (C=O) groups excluding carboxylic acids is 1. The number of aryl methyl sites for hydroxylation is 1. The van der Waals surface area contributed by atoms with Crippen molar-refractivity contribution in [3.63, 3.8) is 0 Å². The monoisotopic (exact) mass is 525 g/mol. The van der Waals surface area contributed by atoms with Crippen molar-refractivity contribution in [1.29, 1.82) is 0 Å². The number of benzene rings is 2. The summed E-state index contributed by atoms with van der Waals surface area (Å²) in [4.78, 5) is 13.4. The molecule has 2 heterocycles. The Morgan fingerprint density at radius 1 is 1.29 bits per heavy atom. The van der Waals surface area contributed by atoms with Gasteiger partial charge in [0.25, 0.3) is 10.1 Å². The third-order valence-corrected chi connectivity index (χ3v) is 6.57. The quantitative estimate of drug-likeness (QED) is 0.250. The minimum Gasteiger partial charge on any atom is -0.493 e. The van der Waals surface area contributed by atoms with E-state index in [0.29, 0.717) is 36.6 Å². The molecule has 0 fully saturated rings. The molecular weight excluding hydrogens is 506 g/mol. The number of hydrogen-bond donors (Lipinski definition) is 0. The predicted molar refractivity (Wildman–Crippen MR) is 124 cm³/mol.